The zero-order chi connectivity index (χ0) is 20.3. The molecule has 0 radical (unpaired) electrons. The van der Waals surface area contributed by atoms with Crippen LogP contribution in [0.5, 0.6) is 0 Å². The first-order chi connectivity index (χ1) is 12.8. The predicted molar refractivity (Wildman–Crippen MR) is 129 cm³/mol. The molecule has 1 aromatic carbocycles. The second-order valence-electron chi connectivity index (χ2n) is 7.12. The lowest BCUT2D eigenvalue weighted by atomic mass is 10.2. The Labute approximate surface area is 173 Å². The van der Waals surface area contributed by atoms with Gasteiger partial charge < -0.3 is 12.3 Å². The van der Waals surface area contributed by atoms with Gasteiger partial charge in [0.2, 0.25) is 0 Å². The molecule has 0 saturated carbocycles. The lowest BCUT2D eigenvalue weighted by Crippen LogP contribution is -2.59. The van der Waals surface area contributed by atoms with Gasteiger partial charge in [0.25, 0.3) is 0 Å². The molecule has 0 aromatic heterocycles. The van der Waals surface area contributed by atoms with Crippen molar-refractivity contribution in [3.05, 3.63) is 70.2 Å². The molecule has 0 fully saturated rings. The van der Waals surface area contributed by atoms with Crippen molar-refractivity contribution in [1.82, 2.24) is 0 Å². The molecule has 0 aliphatic heterocycles. The molecule has 0 atom stereocenters. The van der Waals surface area contributed by atoms with Gasteiger partial charge in [-0.25, -0.2) is 0 Å². The standard InChI is InChI=1S/C20H34O3Si4/c1-8-19-11-9-10-12-20(19)27(21-24-13-16(2)3,22-25-14-17(4)5)23-26-15-18(6)7/h8-15H,1,24-26H2,2-7H3. The SMILES string of the molecule is C=Cc1ccccc1[Si](O[SiH2]C=C(C)C)(O[SiH2]C=C(C)C)O[SiH2]C=C(C)C. The van der Waals surface area contributed by atoms with Crippen LogP contribution in [-0.2, 0) is 12.3 Å². The molecule has 0 aliphatic rings. The minimum atomic E-state index is -2.96. The summed E-state index contributed by atoms with van der Waals surface area (Å²) in [4.78, 5) is 0. The number of hydrogen-bond acceptors (Lipinski definition) is 3. The fourth-order valence-corrected chi connectivity index (χ4v) is 12.9. The Morgan fingerprint density at radius 1 is 0.778 bits per heavy atom. The minimum absolute atomic E-state index is 0.884. The van der Waals surface area contributed by atoms with Crippen molar-refractivity contribution in [2.45, 2.75) is 41.5 Å². The number of rotatable bonds is 11. The number of hydrogen-bond donors (Lipinski definition) is 0. The molecule has 0 amide bonds. The summed E-state index contributed by atoms with van der Waals surface area (Å²) in [5.41, 5.74) is 11.5. The Hall–Kier alpha value is -1.07. The van der Waals surface area contributed by atoms with Crippen molar-refractivity contribution in [1.29, 1.82) is 0 Å². The zero-order valence-corrected chi connectivity index (χ0v) is 22.9. The van der Waals surface area contributed by atoms with Gasteiger partial charge in [-0.2, -0.15) is 0 Å². The van der Waals surface area contributed by atoms with Crippen molar-refractivity contribution in [3.63, 3.8) is 0 Å². The molecule has 0 unspecified atom stereocenters. The summed E-state index contributed by atoms with van der Waals surface area (Å²) in [6, 6.07) is 8.21. The molecule has 0 bridgehead atoms. The summed E-state index contributed by atoms with van der Waals surface area (Å²) in [6.45, 7) is 16.6. The first-order valence-electron chi connectivity index (χ1n) is 9.34. The molecule has 7 heteroatoms. The monoisotopic (exact) mass is 434 g/mol. The Kier molecular flexibility index (Phi) is 11.0. The van der Waals surface area contributed by atoms with Gasteiger partial charge in [0.05, 0.1) is 0 Å². The average Bonchev–Trinajstić information content (AvgIpc) is 2.60. The lowest BCUT2D eigenvalue weighted by Gasteiger charge is -2.31. The molecule has 0 spiro atoms. The molecule has 0 heterocycles. The van der Waals surface area contributed by atoms with E-state index in [-0.39, 0.29) is 0 Å². The fraction of sp³-hybridized carbons (Fsp3) is 0.300. The summed E-state index contributed by atoms with van der Waals surface area (Å²) in [6.07, 6.45) is 1.88. The molecule has 148 valence electrons. The third-order valence-corrected chi connectivity index (χ3v) is 14.4. The van der Waals surface area contributed by atoms with Crippen LogP contribution in [0.1, 0.15) is 47.1 Å². The highest BCUT2D eigenvalue weighted by molar-refractivity contribution is 6.85. The van der Waals surface area contributed by atoms with Gasteiger partial charge in [0.15, 0.2) is 29.3 Å². The Balaban J connectivity index is 3.34. The predicted octanol–water partition coefficient (Wildman–Crippen LogP) is 2.55. The maximum Gasteiger partial charge on any atom is 0.505 e. The molecule has 0 N–H and O–H groups in total. The molecular formula is C20H34O3Si4. The van der Waals surface area contributed by atoms with Crippen LogP contribution in [0.25, 0.3) is 6.08 Å². The van der Waals surface area contributed by atoms with Gasteiger partial charge in [-0.05, 0) is 47.1 Å². The minimum Gasteiger partial charge on any atom is -0.415 e. The highest BCUT2D eigenvalue weighted by Gasteiger charge is 2.43. The smallest absolute Gasteiger partial charge is 0.415 e. The van der Waals surface area contributed by atoms with Crippen LogP contribution in [0.4, 0.5) is 0 Å². The van der Waals surface area contributed by atoms with Gasteiger partial charge in [-0.15, -0.1) is 0 Å². The van der Waals surface area contributed by atoms with Crippen LogP contribution >= 0.6 is 0 Å². The fourth-order valence-electron chi connectivity index (χ4n) is 2.27. The van der Waals surface area contributed by atoms with Crippen molar-refractivity contribution >= 4 is 49.4 Å². The normalized spacial score (nSPS) is 14.0. The van der Waals surface area contributed by atoms with Crippen LogP contribution in [0.3, 0.4) is 0 Å². The number of benzene rings is 1. The molecule has 0 saturated heterocycles. The van der Waals surface area contributed by atoms with Gasteiger partial charge in [-0.1, -0.05) is 70.7 Å². The van der Waals surface area contributed by atoms with Gasteiger partial charge >= 0.3 is 8.80 Å². The van der Waals surface area contributed by atoms with E-state index in [1.54, 1.807) is 0 Å². The van der Waals surface area contributed by atoms with Crippen molar-refractivity contribution in [2.24, 2.45) is 0 Å². The Morgan fingerprint density at radius 3 is 1.56 bits per heavy atom. The molecule has 1 rings (SSSR count). The summed E-state index contributed by atoms with van der Waals surface area (Å²) in [7, 11) is -5.61. The van der Waals surface area contributed by atoms with E-state index < -0.39 is 38.1 Å². The summed E-state index contributed by atoms with van der Waals surface area (Å²) < 4.78 is 19.7. The third kappa shape index (κ3) is 8.65. The molecular weight excluding hydrogens is 401 g/mol. The molecule has 0 aliphatic carbocycles. The van der Waals surface area contributed by atoms with Crippen LogP contribution in [-0.4, -0.2) is 38.1 Å². The van der Waals surface area contributed by atoms with E-state index in [9.17, 15) is 0 Å². The highest BCUT2D eigenvalue weighted by Crippen LogP contribution is 2.14. The summed E-state index contributed by atoms with van der Waals surface area (Å²) in [5, 5.41) is 1.05. The Bertz CT molecular complexity index is 644. The first kappa shape index (κ1) is 24.0. The first-order valence-corrected chi connectivity index (χ1v) is 15.2. The number of allylic oxidation sites excluding steroid dienone is 3. The van der Waals surface area contributed by atoms with Gasteiger partial charge in [0, 0.05) is 5.19 Å². The van der Waals surface area contributed by atoms with E-state index in [0.717, 1.165) is 10.8 Å². The average molecular weight is 435 g/mol. The second-order valence-corrected chi connectivity index (χ2v) is 14.5. The van der Waals surface area contributed by atoms with Crippen LogP contribution < -0.4 is 5.19 Å². The topological polar surface area (TPSA) is 27.7 Å². The summed E-state index contributed by atoms with van der Waals surface area (Å²) in [5.74, 6) is 0. The quantitative estimate of drug-likeness (QED) is 0.501. The Morgan fingerprint density at radius 2 is 1.19 bits per heavy atom. The van der Waals surface area contributed by atoms with Crippen molar-refractivity contribution < 1.29 is 12.3 Å². The van der Waals surface area contributed by atoms with E-state index >= 15 is 0 Å². The van der Waals surface area contributed by atoms with Gasteiger partial charge in [-0.3, -0.25) is 0 Å². The van der Waals surface area contributed by atoms with E-state index in [4.69, 9.17) is 12.3 Å². The second kappa shape index (κ2) is 12.4. The maximum absolute atomic E-state index is 6.55. The van der Waals surface area contributed by atoms with E-state index in [1.165, 1.54) is 16.7 Å². The molecule has 3 nitrogen and oxygen atoms in total. The van der Waals surface area contributed by atoms with Crippen LogP contribution in [0.15, 0.2) is 64.7 Å². The largest absolute Gasteiger partial charge is 0.505 e. The van der Waals surface area contributed by atoms with E-state index in [1.807, 2.05) is 18.2 Å². The molecule has 27 heavy (non-hydrogen) atoms. The van der Waals surface area contributed by atoms with Crippen LogP contribution in [0, 0.1) is 0 Å². The van der Waals surface area contributed by atoms with Gasteiger partial charge in [0.1, 0.15) is 0 Å². The zero-order valence-electron chi connectivity index (χ0n) is 17.7. The maximum atomic E-state index is 6.55. The van der Waals surface area contributed by atoms with Crippen molar-refractivity contribution in [3.8, 4) is 0 Å². The third-order valence-electron chi connectivity index (χ3n) is 3.81. The van der Waals surface area contributed by atoms with Crippen molar-refractivity contribution in [2.75, 3.05) is 0 Å². The highest BCUT2D eigenvalue weighted by atomic mass is 28.5. The van der Waals surface area contributed by atoms with E-state index in [0.29, 0.717) is 0 Å². The van der Waals surface area contributed by atoms with Crippen LogP contribution in [0.2, 0.25) is 0 Å². The lowest BCUT2D eigenvalue weighted by molar-refractivity contribution is 0.308. The van der Waals surface area contributed by atoms with E-state index in [2.05, 4.69) is 77.4 Å². The molecule has 1 aromatic rings. The summed E-state index contributed by atoms with van der Waals surface area (Å²) >= 11 is 0.